The van der Waals surface area contributed by atoms with E-state index >= 15 is 0 Å². The van der Waals surface area contributed by atoms with E-state index < -0.39 is 0 Å². The Balaban J connectivity index is 1.80. The molecule has 2 rings (SSSR count). The van der Waals surface area contributed by atoms with Gasteiger partial charge < -0.3 is 10.2 Å². The number of benzene rings is 1. The largest absolute Gasteiger partial charge is 0.348 e. The molecule has 1 aromatic carbocycles. The van der Waals surface area contributed by atoms with Crippen LogP contribution in [0.15, 0.2) is 24.3 Å². The summed E-state index contributed by atoms with van der Waals surface area (Å²) in [5, 5.41) is 3.75. The van der Waals surface area contributed by atoms with Crippen molar-refractivity contribution in [1.29, 1.82) is 0 Å². The first-order valence-electron chi connectivity index (χ1n) is 7.00. The van der Waals surface area contributed by atoms with E-state index in [4.69, 9.17) is 11.6 Å². The van der Waals surface area contributed by atoms with Crippen LogP contribution in [0.4, 0.5) is 0 Å². The molecule has 4 nitrogen and oxygen atoms in total. The van der Waals surface area contributed by atoms with Crippen LogP contribution in [-0.2, 0) is 4.79 Å². The summed E-state index contributed by atoms with van der Waals surface area (Å²) in [6.07, 6.45) is 0. The molecule has 0 saturated carbocycles. The fourth-order valence-electron chi connectivity index (χ4n) is 2.33. The van der Waals surface area contributed by atoms with Gasteiger partial charge in [-0.15, -0.1) is 0 Å². The van der Waals surface area contributed by atoms with Crippen molar-refractivity contribution in [3.63, 3.8) is 0 Å². The molecule has 1 fully saturated rings. The van der Waals surface area contributed by atoms with Crippen molar-refractivity contribution in [3.05, 3.63) is 34.9 Å². The standard InChI is InChI=1S/C15H22ClN3O/c1-12(13-3-5-14(16)6-4-13)17-15(20)11-19-9-7-18(2)8-10-19/h3-6,12H,7-11H2,1-2H3,(H,17,20)/t12-/m1/s1. The van der Waals surface area contributed by atoms with Crippen LogP contribution in [0.5, 0.6) is 0 Å². The average molecular weight is 296 g/mol. The quantitative estimate of drug-likeness (QED) is 0.919. The van der Waals surface area contributed by atoms with E-state index in [1.165, 1.54) is 0 Å². The summed E-state index contributed by atoms with van der Waals surface area (Å²) in [5.41, 5.74) is 1.07. The SMILES string of the molecule is C[C@@H](NC(=O)CN1CCN(C)CC1)c1ccc(Cl)cc1. The summed E-state index contributed by atoms with van der Waals surface area (Å²) in [6, 6.07) is 7.60. The number of rotatable bonds is 4. The van der Waals surface area contributed by atoms with Crippen LogP contribution in [0.2, 0.25) is 5.02 Å². The molecule has 1 aliphatic heterocycles. The van der Waals surface area contributed by atoms with Crippen LogP contribution in [0.25, 0.3) is 0 Å². The van der Waals surface area contributed by atoms with Crippen molar-refractivity contribution < 1.29 is 4.79 Å². The van der Waals surface area contributed by atoms with Crippen LogP contribution in [-0.4, -0.2) is 55.5 Å². The molecular formula is C15H22ClN3O. The minimum atomic E-state index is 0.00670. The lowest BCUT2D eigenvalue weighted by molar-refractivity contribution is -0.123. The molecule has 0 aromatic heterocycles. The monoisotopic (exact) mass is 295 g/mol. The molecule has 1 aliphatic rings. The maximum absolute atomic E-state index is 12.1. The molecule has 110 valence electrons. The zero-order chi connectivity index (χ0) is 14.5. The van der Waals surface area contributed by atoms with Gasteiger partial charge in [0.25, 0.3) is 0 Å². The Hall–Kier alpha value is -1.10. The lowest BCUT2D eigenvalue weighted by atomic mass is 10.1. The van der Waals surface area contributed by atoms with Crippen LogP contribution < -0.4 is 5.32 Å². The Kier molecular flexibility index (Phi) is 5.40. The fraction of sp³-hybridized carbons (Fsp3) is 0.533. The Labute approximate surface area is 125 Å². The summed E-state index contributed by atoms with van der Waals surface area (Å²) in [5.74, 6) is 0.0806. The second kappa shape index (κ2) is 7.07. The van der Waals surface area contributed by atoms with Gasteiger partial charge in [0.1, 0.15) is 0 Å². The lowest BCUT2D eigenvalue weighted by Gasteiger charge is -2.32. The van der Waals surface area contributed by atoms with E-state index in [-0.39, 0.29) is 11.9 Å². The van der Waals surface area contributed by atoms with Crippen molar-refractivity contribution in [2.24, 2.45) is 0 Å². The molecule has 1 saturated heterocycles. The number of amides is 1. The molecule has 1 heterocycles. The first-order chi connectivity index (χ1) is 9.54. The third-order valence-electron chi connectivity index (χ3n) is 3.71. The summed E-state index contributed by atoms with van der Waals surface area (Å²) in [7, 11) is 2.11. The topological polar surface area (TPSA) is 35.6 Å². The maximum atomic E-state index is 12.1. The minimum absolute atomic E-state index is 0.00670. The van der Waals surface area contributed by atoms with Gasteiger partial charge in [0.05, 0.1) is 12.6 Å². The zero-order valence-corrected chi connectivity index (χ0v) is 12.9. The number of hydrogen-bond acceptors (Lipinski definition) is 3. The van der Waals surface area contributed by atoms with E-state index in [1.54, 1.807) is 0 Å². The fourth-order valence-corrected chi connectivity index (χ4v) is 2.46. The highest BCUT2D eigenvalue weighted by molar-refractivity contribution is 6.30. The van der Waals surface area contributed by atoms with E-state index in [1.807, 2.05) is 31.2 Å². The minimum Gasteiger partial charge on any atom is -0.348 e. The molecule has 1 aromatic rings. The van der Waals surface area contributed by atoms with Gasteiger partial charge in [-0.1, -0.05) is 23.7 Å². The number of hydrogen-bond donors (Lipinski definition) is 1. The third-order valence-corrected chi connectivity index (χ3v) is 3.96. The zero-order valence-electron chi connectivity index (χ0n) is 12.1. The molecular weight excluding hydrogens is 274 g/mol. The van der Waals surface area contributed by atoms with E-state index in [0.29, 0.717) is 11.6 Å². The Bertz CT molecular complexity index is 441. The van der Waals surface area contributed by atoms with E-state index in [0.717, 1.165) is 31.7 Å². The smallest absolute Gasteiger partial charge is 0.234 e. The van der Waals surface area contributed by atoms with Crippen molar-refractivity contribution in [2.75, 3.05) is 39.8 Å². The van der Waals surface area contributed by atoms with Gasteiger partial charge >= 0.3 is 0 Å². The molecule has 0 aliphatic carbocycles. The van der Waals surface area contributed by atoms with Gasteiger partial charge in [0.15, 0.2) is 0 Å². The van der Waals surface area contributed by atoms with Crippen LogP contribution in [0.3, 0.4) is 0 Å². The van der Waals surface area contributed by atoms with Crippen LogP contribution in [0, 0.1) is 0 Å². The van der Waals surface area contributed by atoms with Crippen LogP contribution >= 0.6 is 11.6 Å². The summed E-state index contributed by atoms with van der Waals surface area (Å²) in [4.78, 5) is 16.5. The van der Waals surface area contributed by atoms with Crippen molar-refractivity contribution in [2.45, 2.75) is 13.0 Å². The van der Waals surface area contributed by atoms with Gasteiger partial charge in [0.2, 0.25) is 5.91 Å². The Morgan fingerprint density at radius 2 is 1.85 bits per heavy atom. The van der Waals surface area contributed by atoms with Gasteiger partial charge in [-0.25, -0.2) is 0 Å². The number of nitrogens with one attached hydrogen (secondary N) is 1. The second-order valence-electron chi connectivity index (χ2n) is 5.42. The summed E-state index contributed by atoms with van der Waals surface area (Å²) >= 11 is 5.86. The molecule has 1 N–H and O–H groups in total. The van der Waals surface area contributed by atoms with Gasteiger partial charge in [-0.2, -0.15) is 0 Å². The normalized spacial score (nSPS) is 18.8. The first kappa shape index (κ1) is 15.3. The number of carbonyl (C=O) groups excluding carboxylic acids is 1. The van der Waals surface area contributed by atoms with Crippen molar-refractivity contribution >= 4 is 17.5 Å². The molecule has 0 spiro atoms. The number of nitrogens with zero attached hydrogens (tertiary/aromatic N) is 2. The predicted molar refractivity (Wildman–Crippen MR) is 81.9 cm³/mol. The van der Waals surface area contributed by atoms with Crippen LogP contribution in [0.1, 0.15) is 18.5 Å². The second-order valence-corrected chi connectivity index (χ2v) is 5.86. The van der Waals surface area contributed by atoms with Gasteiger partial charge in [-0.3, -0.25) is 9.69 Å². The van der Waals surface area contributed by atoms with Crippen molar-refractivity contribution in [1.82, 2.24) is 15.1 Å². The molecule has 0 bridgehead atoms. The number of likely N-dealkylation sites (N-methyl/N-ethyl adjacent to an activating group) is 1. The number of carbonyl (C=O) groups is 1. The Morgan fingerprint density at radius 3 is 2.45 bits per heavy atom. The maximum Gasteiger partial charge on any atom is 0.234 e. The molecule has 20 heavy (non-hydrogen) atoms. The molecule has 1 atom stereocenters. The highest BCUT2D eigenvalue weighted by Crippen LogP contribution is 2.15. The molecule has 1 amide bonds. The van der Waals surface area contributed by atoms with Gasteiger partial charge in [-0.05, 0) is 31.7 Å². The van der Waals surface area contributed by atoms with E-state index in [2.05, 4.69) is 22.2 Å². The highest BCUT2D eigenvalue weighted by Gasteiger charge is 2.17. The van der Waals surface area contributed by atoms with Crippen molar-refractivity contribution in [3.8, 4) is 0 Å². The highest BCUT2D eigenvalue weighted by atomic mass is 35.5. The van der Waals surface area contributed by atoms with Gasteiger partial charge in [0, 0.05) is 31.2 Å². The first-order valence-corrected chi connectivity index (χ1v) is 7.38. The summed E-state index contributed by atoms with van der Waals surface area (Å²) < 4.78 is 0. The molecule has 0 unspecified atom stereocenters. The summed E-state index contributed by atoms with van der Waals surface area (Å²) in [6.45, 7) is 6.44. The Morgan fingerprint density at radius 1 is 1.25 bits per heavy atom. The predicted octanol–water partition coefficient (Wildman–Crippen LogP) is 1.76. The third kappa shape index (κ3) is 4.47. The molecule has 5 heteroatoms. The number of halogens is 1. The van der Waals surface area contributed by atoms with E-state index in [9.17, 15) is 4.79 Å². The average Bonchev–Trinajstić information content (AvgIpc) is 2.42. The number of piperazine rings is 1. The molecule has 0 radical (unpaired) electrons. The lowest BCUT2D eigenvalue weighted by Crippen LogP contribution is -2.48.